The lowest BCUT2D eigenvalue weighted by Gasteiger charge is -2.19. The van der Waals surface area contributed by atoms with Gasteiger partial charge in [0.05, 0.1) is 14.8 Å². The standard InChI is InChI=1S/C17H16N2O2S3/c1-17(2)9-5-8(6-11-15(20)18-16(21)23-11)22-13(9)14-10(17)7-12(24-14)19(3)4/h5-7H,1-4H3,(H,18,20,21)/b11-6-. The van der Waals surface area contributed by atoms with E-state index in [0.717, 1.165) is 16.6 Å². The summed E-state index contributed by atoms with van der Waals surface area (Å²) in [5, 5.41) is 3.26. The van der Waals surface area contributed by atoms with Crippen LogP contribution in [0, 0.1) is 0 Å². The van der Waals surface area contributed by atoms with Gasteiger partial charge in [0.25, 0.3) is 11.1 Å². The van der Waals surface area contributed by atoms with Crippen molar-refractivity contribution in [1.29, 1.82) is 0 Å². The molecular formula is C17H16N2O2S3. The second-order valence-electron chi connectivity index (χ2n) is 6.59. The molecule has 0 unspecified atom stereocenters. The van der Waals surface area contributed by atoms with Crippen LogP contribution in [0.2, 0.25) is 0 Å². The third-order valence-corrected chi connectivity index (χ3v) is 7.74. The van der Waals surface area contributed by atoms with Crippen molar-refractivity contribution in [2.24, 2.45) is 0 Å². The molecule has 0 saturated carbocycles. The Labute approximate surface area is 152 Å². The number of rotatable bonds is 2. The first-order valence-electron chi connectivity index (χ1n) is 7.48. The Bertz CT molecular complexity index is 918. The van der Waals surface area contributed by atoms with Crippen LogP contribution in [0.1, 0.15) is 29.9 Å². The van der Waals surface area contributed by atoms with E-state index in [2.05, 4.69) is 50.3 Å². The molecule has 2 aromatic heterocycles. The first-order valence-corrected chi connectivity index (χ1v) is 9.93. The number of thiophene rings is 2. The Kier molecular flexibility index (Phi) is 3.46. The lowest BCUT2D eigenvalue weighted by Crippen LogP contribution is -2.17. The second kappa shape index (κ2) is 5.21. The molecule has 1 saturated heterocycles. The van der Waals surface area contributed by atoms with E-state index in [0.29, 0.717) is 4.91 Å². The Morgan fingerprint density at radius 2 is 1.75 bits per heavy atom. The minimum atomic E-state index is -0.301. The highest BCUT2D eigenvalue weighted by Crippen LogP contribution is 2.57. The topological polar surface area (TPSA) is 49.4 Å². The van der Waals surface area contributed by atoms with Crippen LogP contribution in [0.3, 0.4) is 0 Å². The van der Waals surface area contributed by atoms with Gasteiger partial charge in [0.15, 0.2) is 0 Å². The zero-order chi connectivity index (χ0) is 17.2. The first kappa shape index (κ1) is 15.9. The Morgan fingerprint density at radius 1 is 1.08 bits per heavy atom. The van der Waals surface area contributed by atoms with Gasteiger partial charge >= 0.3 is 0 Å². The van der Waals surface area contributed by atoms with Gasteiger partial charge in [-0.15, -0.1) is 22.7 Å². The van der Waals surface area contributed by atoms with E-state index < -0.39 is 0 Å². The van der Waals surface area contributed by atoms with Gasteiger partial charge in [-0.05, 0) is 41.1 Å². The van der Waals surface area contributed by atoms with E-state index in [4.69, 9.17) is 0 Å². The van der Waals surface area contributed by atoms with Crippen LogP contribution < -0.4 is 10.2 Å². The summed E-state index contributed by atoms with van der Waals surface area (Å²) in [5.41, 5.74) is 2.64. The summed E-state index contributed by atoms with van der Waals surface area (Å²) in [7, 11) is 4.12. The minimum Gasteiger partial charge on any atom is -0.370 e. The molecule has 2 amide bonds. The van der Waals surface area contributed by atoms with Gasteiger partial charge in [-0.2, -0.15) is 0 Å². The van der Waals surface area contributed by atoms with E-state index >= 15 is 0 Å². The third kappa shape index (κ3) is 2.26. The number of nitrogens with one attached hydrogen (secondary N) is 1. The average Bonchev–Trinajstić information content (AvgIpc) is 3.18. The predicted octanol–water partition coefficient (Wildman–Crippen LogP) is 4.51. The first-order chi connectivity index (χ1) is 11.3. The van der Waals surface area contributed by atoms with Gasteiger partial charge in [0, 0.05) is 29.3 Å². The number of nitrogens with zero attached hydrogens (tertiary/aromatic N) is 1. The van der Waals surface area contributed by atoms with E-state index in [9.17, 15) is 9.59 Å². The van der Waals surface area contributed by atoms with E-state index in [1.54, 1.807) is 11.3 Å². The molecule has 7 heteroatoms. The van der Waals surface area contributed by atoms with Crippen LogP contribution in [0.5, 0.6) is 0 Å². The lowest BCUT2D eigenvalue weighted by atomic mass is 9.84. The largest absolute Gasteiger partial charge is 0.370 e. The number of carbonyl (C=O) groups is 2. The molecule has 0 bridgehead atoms. The summed E-state index contributed by atoms with van der Waals surface area (Å²) in [6.07, 6.45) is 1.82. The molecule has 0 radical (unpaired) electrons. The van der Waals surface area contributed by atoms with Crippen LogP contribution in [0.4, 0.5) is 9.80 Å². The van der Waals surface area contributed by atoms with Gasteiger partial charge in [-0.1, -0.05) is 13.8 Å². The van der Waals surface area contributed by atoms with Crippen molar-refractivity contribution in [3.8, 4) is 9.75 Å². The maximum Gasteiger partial charge on any atom is 0.290 e. The summed E-state index contributed by atoms with van der Waals surface area (Å²) in [6, 6.07) is 4.44. The Hall–Kier alpha value is -1.57. The van der Waals surface area contributed by atoms with Gasteiger partial charge in [0.2, 0.25) is 0 Å². The number of anilines is 1. The Morgan fingerprint density at radius 3 is 2.38 bits per heavy atom. The predicted molar refractivity (Wildman–Crippen MR) is 103 cm³/mol. The van der Waals surface area contributed by atoms with Gasteiger partial charge in [0.1, 0.15) is 0 Å². The molecule has 4 nitrogen and oxygen atoms in total. The molecule has 24 heavy (non-hydrogen) atoms. The molecule has 0 aromatic carbocycles. The van der Waals surface area contributed by atoms with Crippen molar-refractivity contribution in [1.82, 2.24) is 5.32 Å². The number of thioether (sulfide) groups is 1. The molecule has 1 fully saturated rings. The second-order valence-corrected chi connectivity index (χ2v) is 9.72. The maximum absolute atomic E-state index is 11.7. The fourth-order valence-corrected chi connectivity index (χ4v) is 6.45. The summed E-state index contributed by atoms with van der Waals surface area (Å²) in [5.74, 6) is -0.301. The molecule has 1 N–H and O–H groups in total. The molecular weight excluding hydrogens is 360 g/mol. The van der Waals surface area contributed by atoms with E-state index in [-0.39, 0.29) is 16.6 Å². The van der Waals surface area contributed by atoms with Gasteiger partial charge < -0.3 is 4.90 Å². The van der Waals surface area contributed by atoms with Crippen molar-refractivity contribution in [3.05, 3.63) is 33.0 Å². The van der Waals surface area contributed by atoms with Crippen molar-refractivity contribution in [2.45, 2.75) is 19.3 Å². The maximum atomic E-state index is 11.7. The molecule has 2 aliphatic rings. The minimum absolute atomic E-state index is 0.0381. The lowest BCUT2D eigenvalue weighted by molar-refractivity contribution is -0.115. The van der Waals surface area contributed by atoms with Crippen LogP contribution >= 0.6 is 34.4 Å². The molecule has 124 valence electrons. The number of amides is 2. The van der Waals surface area contributed by atoms with Crippen molar-refractivity contribution < 1.29 is 9.59 Å². The van der Waals surface area contributed by atoms with Crippen LogP contribution in [0.15, 0.2) is 17.0 Å². The smallest absolute Gasteiger partial charge is 0.290 e. The zero-order valence-corrected chi connectivity index (χ0v) is 16.2. The molecule has 4 rings (SSSR count). The Balaban J connectivity index is 1.79. The third-order valence-electron chi connectivity index (χ3n) is 4.38. The highest BCUT2D eigenvalue weighted by molar-refractivity contribution is 8.18. The molecule has 2 aromatic rings. The van der Waals surface area contributed by atoms with Crippen LogP contribution in [-0.2, 0) is 10.2 Å². The normalized spacial score (nSPS) is 19.6. The highest BCUT2D eigenvalue weighted by atomic mass is 32.2. The SMILES string of the molecule is CN(C)c1cc2c(s1)-c1sc(/C=C3\SC(=O)NC3=O)cc1C2(C)C. The number of imide groups is 1. The zero-order valence-electron chi connectivity index (χ0n) is 13.7. The fourth-order valence-electron chi connectivity index (χ4n) is 3.04. The van der Waals surface area contributed by atoms with Crippen molar-refractivity contribution in [2.75, 3.05) is 19.0 Å². The van der Waals surface area contributed by atoms with E-state index in [1.165, 1.54) is 25.9 Å². The number of fused-ring (bicyclic) bond motifs is 3. The number of hydrogen-bond acceptors (Lipinski definition) is 6. The highest BCUT2D eigenvalue weighted by Gasteiger charge is 2.39. The van der Waals surface area contributed by atoms with Crippen LogP contribution in [-0.4, -0.2) is 25.2 Å². The summed E-state index contributed by atoms with van der Waals surface area (Å²) >= 11 is 4.47. The van der Waals surface area contributed by atoms with Crippen molar-refractivity contribution >= 4 is 56.7 Å². The van der Waals surface area contributed by atoms with Gasteiger partial charge in [-0.25, -0.2) is 0 Å². The number of carbonyl (C=O) groups excluding carboxylic acids is 2. The van der Waals surface area contributed by atoms with Crippen molar-refractivity contribution in [3.63, 3.8) is 0 Å². The summed E-state index contributed by atoms with van der Waals surface area (Å²) < 4.78 is 0. The molecule has 1 aliphatic heterocycles. The van der Waals surface area contributed by atoms with E-state index in [1.807, 2.05) is 17.4 Å². The summed E-state index contributed by atoms with van der Waals surface area (Å²) in [6.45, 7) is 4.49. The van der Waals surface area contributed by atoms with Crippen LogP contribution in [0.25, 0.3) is 15.8 Å². The molecule has 0 spiro atoms. The monoisotopic (exact) mass is 376 g/mol. The molecule has 0 atom stereocenters. The summed E-state index contributed by atoms with van der Waals surface area (Å²) in [4.78, 5) is 29.3. The molecule has 1 aliphatic carbocycles. The quantitative estimate of drug-likeness (QED) is 0.784. The average molecular weight is 377 g/mol. The van der Waals surface area contributed by atoms with Gasteiger partial charge in [-0.3, -0.25) is 14.9 Å². The fraction of sp³-hybridized carbons (Fsp3) is 0.294. The number of hydrogen-bond donors (Lipinski definition) is 1. The molecule has 3 heterocycles.